The molecule has 0 amide bonds. The molecule has 1 aliphatic rings. The van der Waals surface area contributed by atoms with Crippen LogP contribution in [0.4, 0.5) is 0 Å². The zero-order valence-electron chi connectivity index (χ0n) is 16.7. The molecular formula is C23H29ClNO3-. The quantitative estimate of drug-likeness (QED) is 0.623. The Morgan fingerprint density at radius 2 is 1.79 bits per heavy atom. The lowest BCUT2D eigenvalue weighted by molar-refractivity contribution is -0.0000142. The summed E-state index contributed by atoms with van der Waals surface area (Å²) in [4.78, 5) is 14.0. The van der Waals surface area contributed by atoms with Gasteiger partial charge in [-0.2, -0.15) is 0 Å². The number of ether oxygens (including phenoxy) is 2. The van der Waals surface area contributed by atoms with Crippen LogP contribution >= 0.6 is 0 Å². The molecule has 0 atom stereocenters. The monoisotopic (exact) mass is 402 g/mol. The van der Waals surface area contributed by atoms with Crippen LogP contribution < -0.4 is 21.9 Å². The molecule has 0 unspecified atom stereocenters. The van der Waals surface area contributed by atoms with Gasteiger partial charge in [-0.25, -0.2) is 0 Å². The Labute approximate surface area is 174 Å². The van der Waals surface area contributed by atoms with Crippen molar-refractivity contribution in [3.8, 4) is 11.5 Å². The Morgan fingerprint density at radius 1 is 1.07 bits per heavy atom. The van der Waals surface area contributed by atoms with Crippen molar-refractivity contribution in [3.05, 3.63) is 59.7 Å². The summed E-state index contributed by atoms with van der Waals surface area (Å²) in [6, 6.07) is 16.1. The number of Topliss-reactive ketones (excluding diaryl/α,β-unsaturated/α-hetero) is 1. The number of halogens is 1. The molecule has 28 heavy (non-hydrogen) atoms. The van der Waals surface area contributed by atoms with Gasteiger partial charge >= 0.3 is 0 Å². The fourth-order valence-electron chi connectivity index (χ4n) is 3.65. The van der Waals surface area contributed by atoms with Crippen LogP contribution in [-0.2, 0) is 6.42 Å². The van der Waals surface area contributed by atoms with Crippen LogP contribution in [0.2, 0.25) is 0 Å². The lowest BCUT2D eigenvalue weighted by Crippen LogP contribution is -3.00. The molecule has 1 heterocycles. The fraction of sp³-hybridized carbons (Fsp3) is 0.435. The molecule has 2 aromatic rings. The van der Waals surface area contributed by atoms with Crippen LogP contribution in [0.5, 0.6) is 11.5 Å². The van der Waals surface area contributed by atoms with E-state index in [1.165, 1.54) is 24.8 Å². The number of hydrogen-bond acceptors (Lipinski definition) is 4. The summed E-state index contributed by atoms with van der Waals surface area (Å²) >= 11 is 0. The molecule has 0 aliphatic carbocycles. The Hall–Kier alpha value is -2.04. The van der Waals surface area contributed by atoms with Crippen molar-refractivity contribution in [2.24, 2.45) is 5.92 Å². The van der Waals surface area contributed by atoms with Gasteiger partial charge in [-0.1, -0.05) is 30.3 Å². The van der Waals surface area contributed by atoms with Gasteiger partial charge in [0.2, 0.25) is 0 Å². The lowest BCUT2D eigenvalue weighted by Gasteiger charge is -2.32. The molecule has 0 spiro atoms. The summed E-state index contributed by atoms with van der Waals surface area (Å²) in [6.07, 6.45) is 3.67. The zero-order valence-corrected chi connectivity index (χ0v) is 17.5. The third-order valence-electron chi connectivity index (χ3n) is 5.31. The number of likely N-dealkylation sites (tertiary alicyclic amines) is 1. The maximum Gasteiger partial charge on any atom is 0.161 e. The number of rotatable bonds is 8. The van der Waals surface area contributed by atoms with Gasteiger partial charge in [0.25, 0.3) is 0 Å². The summed E-state index contributed by atoms with van der Waals surface area (Å²) in [5.74, 6) is 2.12. The molecule has 0 aromatic heterocycles. The van der Waals surface area contributed by atoms with Gasteiger partial charge in [-0.15, -0.1) is 0 Å². The van der Waals surface area contributed by atoms with E-state index in [2.05, 4.69) is 35.2 Å². The van der Waals surface area contributed by atoms with Crippen molar-refractivity contribution in [1.82, 2.24) is 4.90 Å². The predicted molar refractivity (Wildman–Crippen MR) is 108 cm³/mol. The van der Waals surface area contributed by atoms with E-state index < -0.39 is 0 Å². The second-order valence-corrected chi connectivity index (χ2v) is 7.25. The van der Waals surface area contributed by atoms with Crippen molar-refractivity contribution in [1.29, 1.82) is 0 Å². The van der Waals surface area contributed by atoms with E-state index in [9.17, 15) is 4.79 Å². The van der Waals surface area contributed by atoms with E-state index in [0.717, 1.165) is 25.6 Å². The number of piperidine rings is 1. The van der Waals surface area contributed by atoms with Crippen LogP contribution in [0.25, 0.3) is 0 Å². The number of carbonyl (C=O) groups excluding carboxylic acids is 1. The first-order chi connectivity index (χ1) is 13.2. The maximum absolute atomic E-state index is 11.5. The molecule has 0 N–H and O–H groups in total. The smallest absolute Gasteiger partial charge is 0.161 e. The largest absolute Gasteiger partial charge is 1.00 e. The average molecular weight is 403 g/mol. The highest BCUT2D eigenvalue weighted by atomic mass is 35.5. The first kappa shape index (κ1) is 22.3. The molecule has 2 aromatic carbocycles. The van der Waals surface area contributed by atoms with E-state index in [-0.39, 0.29) is 18.2 Å². The maximum atomic E-state index is 11.5. The number of methoxy groups -OCH3 is 1. The minimum atomic E-state index is 0. The highest BCUT2D eigenvalue weighted by molar-refractivity contribution is 5.94. The van der Waals surface area contributed by atoms with Crippen LogP contribution in [0.3, 0.4) is 0 Å². The van der Waals surface area contributed by atoms with Gasteiger partial charge in [-0.3, -0.25) is 9.69 Å². The topological polar surface area (TPSA) is 38.8 Å². The first-order valence-corrected chi connectivity index (χ1v) is 9.73. The van der Waals surface area contributed by atoms with Crippen molar-refractivity contribution in [2.75, 3.05) is 33.4 Å². The van der Waals surface area contributed by atoms with Crippen LogP contribution in [0.1, 0.15) is 35.7 Å². The highest BCUT2D eigenvalue weighted by Crippen LogP contribution is 2.28. The van der Waals surface area contributed by atoms with E-state index in [1.807, 2.05) is 6.07 Å². The van der Waals surface area contributed by atoms with Gasteiger partial charge < -0.3 is 21.9 Å². The molecular weight excluding hydrogens is 374 g/mol. The Kier molecular flexibility index (Phi) is 8.81. The Balaban J connectivity index is 0.00000280. The molecule has 152 valence electrons. The normalized spacial score (nSPS) is 14.9. The molecule has 1 fully saturated rings. The number of carbonyl (C=O) groups is 1. The molecule has 1 saturated heterocycles. The number of nitrogens with zero attached hydrogens (tertiary/aromatic N) is 1. The summed E-state index contributed by atoms with van der Waals surface area (Å²) in [7, 11) is 1.60. The Morgan fingerprint density at radius 3 is 2.43 bits per heavy atom. The van der Waals surface area contributed by atoms with Crippen molar-refractivity contribution in [2.45, 2.75) is 26.2 Å². The number of ketones is 1. The minimum absolute atomic E-state index is 0. The third kappa shape index (κ3) is 6.25. The second-order valence-electron chi connectivity index (χ2n) is 7.25. The highest BCUT2D eigenvalue weighted by Gasteiger charge is 2.19. The lowest BCUT2D eigenvalue weighted by atomic mass is 9.90. The number of benzene rings is 2. The van der Waals surface area contributed by atoms with Crippen molar-refractivity contribution < 1.29 is 26.7 Å². The zero-order chi connectivity index (χ0) is 19.1. The summed E-state index contributed by atoms with van der Waals surface area (Å²) in [5.41, 5.74) is 2.08. The van der Waals surface area contributed by atoms with Crippen molar-refractivity contribution in [3.63, 3.8) is 0 Å². The molecule has 1 aliphatic heterocycles. The molecule has 0 saturated carbocycles. The van der Waals surface area contributed by atoms with Gasteiger partial charge in [-0.05, 0) is 69.0 Å². The average Bonchev–Trinajstić information content (AvgIpc) is 2.70. The summed E-state index contributed by atoms with van der Waals surface area (Å²) < 4.78 is 11.3. The fourth-order valence-corrected chi connectivity index (χ4v) is 3.65. The number of hydrogen-bond donors (Lipinski definition) is 0. The van der Waals surface area contributed by atoms with Crippen molar-refractivity contribution >= 4 is 5.78 Å². The van der Waals surface area contributed by atoms with Gasteiger partial charge in [0, 0.05) is 12.1 Å². The van der Waals surface area contributed by atoms with Crippen LogP contribution in [0, 0.1) is 5.92 Å². The van der Waals surface area contributed by atoms with E-state index in [4.69, 9.17) is 9.47 Å². The third-order valence-corrected chi connectivity index (χ3v) is 5.31. The minimum Gasteiger partial charge on any atom is -1.00 e. The van der Waals surface area contributed by atoms with Gasteiger partial charge in [0.1, 0.15) is 6.61 Å². The Bertz CT molecular complexity index is 743. The standard InChI is InChI=1S/C23H29NO3.ClH/c1-18(25)21-8-9-22(23(17-21)26-2)27-15-14-24-12-10-20(11-13-24)16-19-6-4-3-5-7-19;/h3-9,17,20H,10-16H2,1-2H3;1H/p-1. The summed E-state index contributed by atoms with van der Waals surface area (Å²) in [5, 5.41) is 0. The summed E-state index contributed by atoms with van der Waals surface area (Å²) in [6.45, 7) is 5.34. The molecule has 3 rings (SSSR count). The molecule has 0 bridgehead atoms. The SMILES string of the molecule is COc1cc(C(C)=O)ccc1OCCN1CCC(Cc2ccccc2)CC1.[Cl-]. The second kappa shape index (κ2) is 11.1. The predicted octanol–water partition coefficient (Wildman–Crippen LogP) is 1.24. The van der Waals surface area contributed by atoms with E-state index >= 15 is 0 Å². The van der Waals surface area contributed by atoms with E-state index in [0.29, 0.717) is 23.7 Å². The van der Waals surface area contributed by atoms with Crippen LogP contribution in [0.15, 0.2) is 48.5 Å². The van der Waals surface area contributed by atoms with Gasteiger partial charge in [0.05, 0.1) is 7.11 Å². The first-order valence-electron chi connectivity index (χ1n) is 9.73. The molecule has 0 radical (unpaired) electrons. The molecule has 4 nitrogen and oxygen atoms in total. The van der Waals surface area contributed by atoms with E-state index in [1.54, 1.807) is 26.2 Å². The molecule has 5 heteroatoms. The van der Waals surface area contributed by atoms with Crippen LogP contribution in [-0.4, -0.2) is 44.0 Å². The van der Waals surface area contributed by atoms with Gasteiger partial charge in [0.15, 0.2) is 17.3 Å².